The second-order valence-corrected chi connectivity index (χ2v) is 10.9. The zero-order valence-electron chi connectivity index (χ0n) is 15.3. The lowest BCUT2D eigenvalue weighted by molar-refractivity contribution is -0.122. The number of hydrogen-bond donors (Lipinski definition) is 1. The van der Waals surface area contributed by atoms with Crippen molar-refractivity contribution in [3.8, 4) is 0 Å². The van der Waals surface area contributed by atoms with Gasteiger partial charge in [0, 0.05) is 11.3 Å². The molecule has 1 saturated heterocycles. The van der Waals surface area contributed by atoms with Gasteiger partial charge in [-0.25, -0.2) is 8.42 Å². The molecule has 1 aliphatic carbocycles. The molecule has 1 N–H and O–H groups in total. The van der Waals surface area contributed by atoms with E-state index < -0.39 is 9.84 Å². The number of nitrogens with one attached hydrogen (secondary N) is 1. The zero-order chi connectivity index (χ0) is 18.9. The molecular formula is C21H25NO3S2. The van der Waals surface area contributed by atoms with E-state index in [9.17, 15) is 13.2 Å². The van der Waals surface area contributed by atoms with Crippen LogP contribution in [0.4, 0.5) is 0 Å². The van der Waals surface area contributed by atoms with E-state index in [1.54, 1.807) is 11.3 Å². The highest BCUT2D eigenvalue weighted by molar-refractivity contribution is 7.91. The Morgan fingerprint density at radius 1 is 1.19 bits per heavy atom. The van der Waals surface area contributed by atoms with Crippen molar-refractivity contribution < 1.29 is 13.2 Å². The molecule has 1 fully saturated rings. The molecule has 2 aliphatic rings. The highest BCUT2D eigenvalue weighted by Crippen LogP contribution is 2.31. The number of aryl methyl sites for hydroxylation is 2. The minimum atomic E-state index is -2.95. The molecule has 0 saturated carbocycles. The van der Waals surface area contributed by atoms with Crippen molar-refractivity contribution in [2.45, 2.75) is 44.6 Å². The first kappa shape index (κ1) is 18.7. The Balaban J connectivity index is 1.53. The van der Waals surface area contributed by atoms with E-state index in [0.717, 1.165) is 23.3 Å². The summed E-state index contributed by atoms with van der Waals surface area (Å²) in [4.78, 5) is 13.8. The van der Waals surface area contributed by atoms with E-state index in [0.29, 0.717) is 6.42 Å². The van der Waals surface area contributed by atoms with Crippen molar-refractivity contribution in [3.63, 3.8) is 0 Å². The van der Waals surface area contributed by atoms with Gasteiger partial charge in [-0.15, -0.1) is 11.3 Å². The lowest BCUT2D eigenvalue weighted by Gasteiger charge is -2.22. The summed E-state index contributed by atoms with van der Waals surface area (Å²) in [7, 11) is -2.95. The number of benzene rings is 1. The average molecular weight is 404 g/mol. The number of thiophene rings is 1. The van der Waals surface area contributed by atoms with Gasteiger partial charge in [0.15, 0.2) is 9.84 Å². The third kappa shape index (κ3) is 4.43. The number of carbonyl (C=O) groups excluding carboxylic acids is 1. The maximum absolute atomic E-state index is 12.7. The van der Waals surface area contributed by atoms with Gasteiger partial charge < -0.3 is 5.32 Å². The molecule has 2 unspecified atom stereocenters. The Morgan fingerprint density at radius 2 is 2.00 bits per heavy atom. The molecule has 27 heavy (non-hydrogen) atoms. The van der Waals surface area contributed by atoms with Gasteiger partial charge in [-0.1, -0.05) is 24.3 Å². The summed E-state index contributed by atoms with van der Waals surface area (Å²) in [5, 5.41) is 5.20. The Labute approximate surface area is 164 Å². The fraction of sp³-hybridized carbons (Fsp3) is 0.476. The van der Waals surface area contributed by atoms with Crippen molar-refractivity contribution in [1.29, 1.82) is 0 Å². The normalized spacial score (nSPS) is 22.1. The van der Waals surface area contributed by atoms with E-state index >= 15 is 0 Å². The van der Waals surface area contributed by atoms with Gasteiger partial charge in [-0.2, -0.15) is 0 Å². The summed E-state index contributed by atoms with van der Waals surface area (Å²) in [6.45, 7) is 0. The fourth-order valence-corrected chi connectivity index (χ4v) is 6.89. The van der Waals surface area contributed by atoms with E-state index in [1.165, 1.54) is 24.0 Å². The molecule has 6 heteroatoms. The maximum Gasteiger partial charge on any atom is 0.221 e. The fourth-order valence-electron chi connectivity index (χ4n) is 4.22. The molecule has 0 spiro atoms. The minimum Gasteiger partial charge on any atom is -0.344 e. The van der Waals surface area contributed by atoms with Crippen LogP contribution in [-0.2, 0) is 27.5 Å². The Kier molecular flexibility index (Phi) is 5.37. The zero-order valence-corrected chi connectivity index (χ0v) is 16.9. The van der Waals surface area contributed by atoms with E-state index in [2.05, 4.69) is 29.6 Å². The molecule has 1 aliphatic heterocycles. The maximum atomic E-state index is 12.7. The summed E-state index contributed by atoms with van der Waals surface area (Å²) in [5.41, 5.74) is 3.94. The van der Waals surface area contributed by atoms with Gasteiger partial charge >= 0.3 is 0 Å². The minimum absolute atomic E-state index is 0.0532. The first-order chi connectivity index (χ1) is 13.0. The number of fused-ring (bicyclic) bond motifs is 1. The van der Waals surface area contributed by atoms with Crippen LogP contribution in [-0.4, -0.2) is 25.8 Å². The molecule has 2 heterocycles. The highest BCUT2D eigenvalue weighted by Gasteiger charge is 2.30. The Morgan fingerprint density at radius 3 is 2.70 bits per heavy atom. The molecule has 1 amide bonds. The first-order valence-electron chi connectivity index (χ1n) is 9.65. The van der Waals surface area contributed by atoms with Crippen LogP contribution in [0.15, 0.2) is 35.7 Å². The van der Waals surface area contributed by atoms with Crippen LogP contribution in [0, 0.1) is 5.92 Å². The monoisotopic (exact) mass is 403 g/mol. The summed E-state index contributed by atoms with van der Waals surface area (Å²) in [6, 6.07) is 10.5. The Bertz CT molecular complexity index is 919. The van der Waals surface area contributed by atoms with Crippen LogP contribution in [0.25, 0.3) is 0 Å². The molecule has 0 radical (unpaired) electrons. The summed E-state index contributed by atoms with van der Waals surface area (Å²) < 4.78 is 23.3. The third-order valence-corrected chi connectivity index (χ3v) is 8.41. The first-order valence-corrected chi connectivity index (χ1v) is 12.4. The second-order valence-electron chi connectivity index (χ2n) is 7.72. The summed E-state index contributed by atoms with van der Waals surface area (Å²) >= 11 is 1.64. The third-order valence-electron chi connectivity index (χ3n) is 5.64. The number of amides is 1. The van der Waals surface area contributed by atoms with Crippen molar-refractivity contribution in [2.75, 3.05) is 11.5 Å². The van der Waals surface area contributed by atoms with Gasteiger partial charge in [0.1, 0.15) is 0 Å². The number of hydrogen-bond acceptors (Lipinski definition) is 4. The SMILES string of the molecule is O=C(CC1CCS(=O)(=O)C1)NC(c1ccc2c(c1)CCCC2)c1cccs1. The lowest BCUT2D eigenvalue weighted by Crippen LogP contribution is -2.30. The molecular weight excluding hydrogens is 378 g/mol. The highest BCUT2D eigenvalue weighted by atomic mass is 32.2. The van der Waals surface area contributed by atoms with Crippen LogP contribution < -0.4 is 5.32 Å². The summed E-state index contributed by atoms with van der Waals surface area (Å²) in [5.74, 6) is 0.239. The van der Waals surface area contributed by atoms with Crippen LogP contribution >= 0.6 is 11.3 Å². The van der Waals surface area contributed by atoms with Crippen molar-refractivity contribution in [1.82, 2.24) is 5.32 Å². The standard InChI is InChI=1S/C21H25NO3S2/c23-20(12-15-9-11-27(24,25)14-15)22-21(19-6-3-10-26-19)18-8-7-16-4-1-2-5-17(16)13-18/h3,6-8,10,13,15,21H,1-2,4-5,9,11-12,14H2,(H,22,23). The van der Waals surface area contributed by atoms with Crippen LogP contribution in [0.1, 0.15) is 53.3 Å². The molecule has 144 valence electrons. The van der Waals surface area contributed by atoms with Gasteiger partial charge in [0.25, 0.3) is 0 Å². The van der Waals surface area contributed by atoms with E-state index in [1.807, 2.05) is 11.4 Å². The largest absolute Gasteiger partial charge is 0.344 e. The van der Waals surface area contributed by atoms with Gasteiger partial charge in [-0.3, -0.25) is 4.79 Å². The lowest BCUT2D eigenvalue weighted by atomic mass is 9.89. The van der Waals surface area contributed by atoms with Crippen molar-refractivity contribution >= 4 is 27.1 Å². The number of sulfone groups is 1. The van der Waals surface area contributed by atoms with E-state index in [-0.39, 0.29) is 35.8 Å². The van der Waals surface area contributed by atoms with Crippen LogP contribution in [0.5, 0.6) is 0 Å². The average Bonchev–Trinajstić information content (AvgIpc) is 3.29. The molecule has 1 aromatic heterocycles. The van der Waals surface area contributed by atoms with Crippen LogP contribution in [0.2, 0.25) is 0 Å². The van der Waals surface area contributed by atoms with Crippen molar-refractivity contribution in [3.05, 3.63) is 57.3 Å². The molecule has 2 atom stereocenters. The summed E-state index contributed by atoms with van der Waals surface area (Å²) in [6.07, 6.45) is 5.60. The second kappa shape index (κ2) is 7.76. The van der Waals surface area contributed by atoms with Gasteiger partial charge in [-0.05, 0) is 66.2 Å². The topological polar surface area (TPSA) is 63.2 Å². The quantitative estimate of drug-likeness (QED) is 0.829. The molecule has 4 rings (SSSR count). The van der Waals surface area contributed by atoms with Gasteiger partial charge in [0.2, 0.25) is 5.91 Å². The Hall–Kier alpha value is -1.66. The molecule has 4 nitrogen and oxygen atoms in total. The van der Waals surface area contributed by atoms with Gasteiger partial charge in [0.05, 0.1) is 17.5 Å². The molecule has 2 aromatic rings. The van der Waals surface area contributed by atoms with Crippen LogP contribution in [0.3, 0.4) is 0 Å². The van der Waals surface area contributed by atoms with Crippen molar-refractivity contribution in [2.24, 2.45) is 5.92 Å². The smallest absolute Gasteiger partial charge is 0.221 e. The number of rotatable bonds is 5. The molecule has 0 bridgehead atoms. The predicted octanol–water partition coefficient (Wildman–Crippen LogP) is 3.66. The predicted molar refractivity (Wildman–Crippen MR) is 109 cm³/mol. The number of carbonyl (C=O) groups is 1. The molecule has 1 aromatic carbocycles. The van der Waals surface area contributed by atoms with E-state index in [4.69, 9.17) is 0 Å².